The summed E-state index contributed by atoms with van der Waals surface area (Å²) >= 11 is 0. The second-order valence-corrected chi connectivity index (χ2v) is 5.95. The minimum atomic E-state index is 0.00455. The van der Waals surface area contributed by atoms with Crippen LogP contribution in [0, 0.1) is 0 Å². The van der Waals surface area contributed by atoms with Gasteiger partial charge in [-0.15, -0.1) is 0 Å². The molecule has 0 atom stereocenters. The molecule has 1 N–H and O–H groups in total. The summed E-state index contributed by atoms with van der Waals surface area (Å²) < 4.78 is 5.21. The molecule has 0 fully saturated rings. The highest BCUT2D eigenvalue weighted by Gasteiger charge is 2.13. The van der Waals surface area contributed by atoms with E-state index in [0.29, 0.717) is 12.8 Å². The third-order valence-corrected chi connectivity index (χ3v) is 3.21. The van der Waals surface area contributed by atoms with E-state index in [0.717, 1.165) is 11.4 Å². The Kier molecular flexibility index (Phi) is 4.28. The standard InChI is InChI=1S/C17H21NO2/c1-17(2,3)13-6-8-14(9-7-13)18-16(19)11-10-15-5-4-12-20-15/h4-9,12H,10-11H2,1-3H3,(H,18,19). The fourth-order valence-corrected chi connectivity index (χ4v) is 1.97. The number of carbonyl (C=O) groups excluding carboxylic acids is 1. The first-order valence-corrected chi connectivity index (χ1v) is 6.88. The summed E-state index contributed by atoms with van der Waals surface area (Å²) in [5.41, 5.74) is 2.22. The van der Waals surface area contributed by atoms with E-state index in [2.05, 4.69) is 38.2 Å². The molecule has 0 saturated heterocycles. The Morgan fingerprint density at radius 3 is 2.40 bits per heavy atom. The Hall–Kier alpha value is -2.03. The Bertz CT molecular complexity index is 548. The third kappa shape index (κ3) is 3.98. The zero-order valence-corrected chi connectivity index (χ0v) is 12.3. The van der Waals surface area contributed by atoms with Crippen LogP contribution in [-0.4, -0.2) is 5.91 Å². The van der Waals surface area contributed by atoms with Gasteiger partial charge in [0.05, 0.1) is 6.26 Å². The largest absolute Gasteiger partial charge is 0.469 e. The highest BCUT2D eigenvalue weighted by molar-refractivity contribution is 5.90. The number of rotatable bonds is 4. The normalized spacial score (nSPS) is 11.3. The van der Waals surface area contributed by atoms with Gasteiger partial charge in [-0.1, -0.05) is 32.9 Å². The van der Waals surface area contributed by atoms with Crippen molar-refractivity contribution in [3.63, 3.8) is 0 Å². The molecule has 0 saturated carbocycles. The molecule has 1 aromatic heterocycles. The van der Waals surface area contributed by atoms with Crippen molar-refractivity contribution < 1.29 is 9.21 Å². The molecule has 1 aromatic carbocycles. The summed E-state index contributed by atoms with van der Waals surface area (Å²) in [5.74, 6) is 0.841. The second-order valence-electron chi connectivity index (χ2n) is 5.95. The van der Waals surface area contributed by atoms with Gasteiger partial charge in [0.25, 0.3) is 0 Å². The molecule has 106 valence electrons. The van der Waals surface area contributed by atoms with Crippen LogP contribution in [-0.2, 0) is 16.6 Å². The van der Waals surface area contributed by atoms with E-state index < -0.39 is 0 Å². The van der Waals surface area contributed by atoms with E-state index >= 15 is 0 Å². The zero-order chi connectivity index (χ0) is 14.6. The van der Waals surface area contributed by atoms with Gasteiger partial charge in [-0.3, -0.25) is 4.79 Å². The van der Waals surface area contributed by atoms with Crippen molar-refractivity contribution in [2.45, 2.75) is 39.0 Å². The van der Waals surface area contributed by atoms with Crippen molar-refractivity contribution in [2.24, 2.45) is 0 Å². The van der Waals surface area contributed by atoms with E-state index in [4.69, 9.17) is 4.42 Å². The quantitative estimate of drug-likeness (QED) is 0.907. The van der Waals surface area contributed by atoms with E-state index in [1.54, 1.807) is 6.26 Å². The Morgan fingerprint density at radius 1 is 1.15 bits per heavy atom. The van der Waals surface area contributed by atoms with Crippen LogP contribution in [0.4, 0.5) is 5.69 Å². The highest BCUT2D eigenvalue weighted by Crippen LogP contribution is 2.23. The Morgan fingerprint density at radius 2 is 1.85 bits per heavy atom. The smallest absolute Gasteiger partial charge is 0.224 e. The van der Waals surface area contributed by atoms with Crippen molar-refractivity contribution in [1.82, 2.24) is 0 Å². The van der Waals surface area contributed by atoms with Gasteiger partial charge in [-0.25, -0.2) is 0 Å². The maximum Gasteiger partial charge on any atom is 0.224 e. The second kappa shape index (κ2) is 5.95. The number of carbonyl (C=O) groups is 1. The SMILES string of the molecule is CC(C)(C)c1ccc(NC(=O)CCc2ccco2)cc1. The number of anilines is 1. The van der Waals surface area contributed by atoms with Gasteiger partial charge in [0.15, 0.2) is 0 Å². The number of furan rings is 1. The molecule has 0 aliphatic carbocycles. The molecular formula is C17H21NO2. The number of nitrogens with one attached hydrogen (secondary N) is 1. The van der Waals surface area contributed by atoms with Crippen LogP contribution in [0.3, 0.4) is 0 Å². The van der Waals surface area contributed by atoms with E-state index in [1.807, 2.05) is 24.3 Å². The average Bonchev–Trinajstić information content (AvgIpc) is 2.89. The lowest BCUT2D eigenvalue weighted by Crippen LogP contribution is -2.13. The van der Waals surface area contributed by atoms with Gasteiger partial charge in [0.1, 0.15) is 5.76 Å². The zero-order valence-electron chi connectivity index (χ0n) is 12.3. The molecule has 0 unspecified atom stereocenters. The molecule has 1 amide bonds. The summed E-state index contributed by atoms with van der Waals surface area (Å²) in [6, 6.07) is 11.7. The highest BCUT2D eigenvalue weighted by atomic mass is 16.3. The summed E-state index contributed by atoms with van der Waals surface area (Å²) in [7, 11) is 0. The van der Waals surface area contributed by atoms with Crippen molar-refractivity contribution >= 4 is 11.6 Å². The molecule has 2 aromatic rings. The van der Waals surface area contributed by atoms with Gasteiger partial charge >= 0.3 is 0 Å². The van der Waals surface area contributed by atoms with Crippen LogP contribution in [0.25, 0.3) is 0 Å². The van der Waals surface area contributed by atoms with Crippen LogP contribution < -0.4 is 5.32 Å². The third-order valence-electron chi connectivity index (χ3n) is 3.21. The van der Waals surface area contributed by atoms with E-state index in [9.17, 15) is 4.79 Å². The monoisotopic (exact) mass is 271 g/mol. The molecule has 2 rings (SSSR count). The molecule has 0 aliphatic heterocycles. The van der Waals surface area contributed by atoms with Crippen LogP contribution in [0.15, 0.2) is 47.1 Å². The molecule has 0 aliphatic rings. The molecule has 20 heavy (non-hydrogen) atoms. The fraction of sp³-hybridized carbons (Fsp3) is 0.353. The molecule has 0 bridgehead atoms. The number of hydrogen-bond donors (Lipinski definition) is 1. The topological polar surface area (TPSA) is 42.2 Å². The maximum atomic E-state index is 11.8. The number of amides is 1. The van der Waals surface area contributed by atoms with Crippen molar-refractivity contribution in [1.29, 1.82) is 0 Å². The minimum absolute atomic E-state index is 0.00455. The van der Waals surface area contributed by atoms with Crippen molar-refractivity contribution in [3.05, 3.63) is 54.0 Å². The number of hydrogen-bond acceptors (Lipinski definition) is 2. The molecule has 0 radical (unpaired) electrons. The Labute approximate surface area is 120 Å². The number of benzene rings is 1. The summed E-state index contributed by atoms with van der Waals surface area (Å²) in [6.07, 6.45) is 2.67. The lowest BCUT2D eigenvalue weighted by molar-refractivity contribution is -0.116. The maximum absolute atomic E-state index is 11.8. The lowest BCUT2D eigenvalue weighted by atomic mass is 9.87. The molecule has 3 nitrogen and oxygen atoms in total. The fourth-order valence-electron chi connectivity index (χ4n) is 1.97. The first-order chi connectivity index (χ1) is 9.45. The number of aryl methyl sites for hydroxylation is 1. The molecule has 1 heterocycles. The first-order valence-electron chi connectivity index (χ1n) is 6.88. The van der Waals surface area contributed by atoms with Crippen LogP contribution >= 0.6 is 0 Å². The van der Waals surface area contributed by atoms with Gasteiger partial charge < -0.3 is 9.73 Å². The summed E-state index contributed by atoms with van der Waals surface area (Å²) in [6.45, 7) is 6.51. The minimum Gasteiger partial charge on any atom is -0.469 e. The van der Waals surface area contributed by atoms with Crippen LogP contribution in [0.1, 0.15) is 38.5 Å². The van der Waals surface area contributed by atoms with Crippen molar-refractivity contribution in [3.8, 4) is 0 Å². The Balaban J connectivity index is 1.88. The van der Waals surface area contributed by atoms with Gasteiger partial charge in [-0.05, 0) is 35.2 Å². The van der Waals surface area contributed by atoms with E-state index in [1.165, 1.54) is 5.56 Å². The average molecular weight is 271 g/mol. The predicted octanol–water partition coefficient (Wildman–Crippen LogP) is 4.15. The van der Waals surface area contributed by atoms with Crippen molar-refractivity contribution in [2.75, 3.05) is 5.32 Å². The van der Waals surface area contributed by atoms with Crippen LogP contribution in [0.2, 0.25) is 0 Å². The predicted molar refractivity (Wildman–Crippen MR) is 80.8 cm³/mol. The summed E-state index contributed by atoms with van der Waals surface area (Å²) in [4.78, 5) is 11.8. The molecule has 3 heteroatoms. The van der Waals surface area contributed by atoms with Gasteiger partial charge in [0, 0.05) is 18.5 Å². The van der Waals surface area contributed by atoms with Gasteiger partial charge in [-0.2, -0.15) is 0 Å². The molecule has 0 spiro atoms. The van der Waals surface area contributed by atoms with Gasteiger partial charge in [0.2, 0.25) is 5.91 Å². The van der Waals surface area contributed by atoms with Crippen LogP contribution in [0.5, 0.6) is 0 Å². The first kappa shape index (κ1) is 14.4. The summed E-state index contributed by atoms with van der Waals surface area (Å²) in [5, 5.41) is 2.90. The van der Waals surface area contributed by atoms with E-state index in [-0.39, 0.29) is 11.3 Å². The lowest BCUT2D eigenvalue weighted by Gasteiger charge is -2.19. The molecular weight excluding hydrogens is 250 g/mol.